The zero-order valence-electron chi connectivity index (χ0n) is 11.5. The maximum Gasteiger partial charge on any atom is 0.258 e. The first-order valence-corrected chi connectivity index (χ1v) is 6.49. The van der Waals surface area contributed by atoms with Crippen molar-refractivity contribution in [3.05, 3.63) is 58.6 Å². The van der Waals surface area contributed by atoms with Crippen molar-refractivity contribution in [2.75, 3.05) is 24.3 Å². The predicted molar refractivity (Wildman–Crippen MR) is 80.1 cm³/mol. The Kier molecular flexibility index (Phi) is 4.43. The van der Waals surface area contributed by atoms with Crippen LogP contribution in [0.25, 0.3) is 0 Å². The first-order valence-electron chi connectivity index (χ1n) is 6.12. The van der Waals surface area contributed by atoms with E-state index in [0.717, 1.165) is 18.2 Å². The van der Waals surface area contributed by atoms with Gasteiger partial charge in [0, 0.05) is 19.1 Å². The number of carbonyl (C=O) groups excluding carboxylic acids is 1. The topological polar surface area (TPSA) is 32.3 Å². The van der Waals surface area contributed by atoms with E-state index >= 15 is 0 Å². The van der Waals surface area contributed by atoms with Gasteiger partial charge in [-0.3, -0.25) is 4.79 Å². The van der Waals surface area contributed by atoms with Crippen molar-refractivity contribution in [3.8, 4) is 0 Å². The van der Waals surface area contributed by atoms with Crippen molar-refractivity contribution in [1.29, 1.82) is 0 Å². The molecule has 21 heavy (non-hydrogen) atoms. The summed E-state index contributed by atoms with van der Waals surface area (Å²) in [6.07, 6.45) is 0. The van der Waals surface area contributed by atoms with Crippen LogP contribution < -0.4 is 10.2 Å². The van der Waals surface area contributed by atoms with Crippen LogP contribution in [0.2, 0.25) is 5.02 Å². The number of carbonyl (C=O) groups is 1. The average Bonchev–Trinajstić information content (AvgIpc) is 2.41. The van der Waals surface area contributed by atoms with E-state index in [1.165, 1.54) is 0 Å². The fourth-order valence-electron chi connectivity index (χ4n) is 1.86. The average molecular weight is 311 g/mol. The molecule has 1 N–H and O–H groups in total. The highest BCUT2D eigenvalue weighted by molar-refractivity contribution is 6.31. The van der Waals surface area contributed by atoms with Crippen LogP contribution in [0.1, 0.15) is 10.4 Å². The Morgan fingerprint density at radius 2 is 1.86 bits per heavy atom. The van der Waals surface area contributed by atoms with Crippen molar-refractivity contribution < 1.29 is 13.6 Å². The van der Waals surface area contributed by atoms with Crippen molar-refractivity contribution in [1.82, 2.24) is 0 Å². The first kappa shape index (κ1) is 15.3. The molecule has 0 heterocycles. The molecule has 0 aliphatic rings. The number of amides is 1. The molecule has 0 saturated carbocycles. The Labute approximate surface area is 126 Å². The Balaban J connectivity index is 2.35. The maximum absolute atomic E-state index is 13.6. The molecule has 2 rings (SSSR count). The normalized spacial score (nSPS) is 10.3. The van der Waals surface area contributed by atoms with E-state index in [1.54, 1.807) is 37.2 Å². The van der Waals surface area contributed by atoms with Gasteiger partial charge in [-0.25, -0.2) is 8.78 Å². The van der Waals surface area contributed by atoms with Crippen LogP contribution in [-0.2, 0) is 0 Å². The Bertz CT molecular complexity index is 689. The van der Waals surface area contributed by atoms with Gasteiger partial charge in [-0.05, 0) is 36.4 Å². The zero-order chi connectivity index (χ0) is 15.6. The monoisotopic (exact) mass is 310 g/mol. The van der Waals surface area contributed by atoms with Crippen molar-refractivity contribution in [2.24, 2.45) is 0 Å². The minimum Gasteiger partial charge on any atom is -0.376 e. The van der Waals surface area contributed by atoms with Crippen LogP contribution in [0, 0.1) is 11.6 Å². The van der Waals surface area contributed by atoms with E-state index in [4.69, 9.17) is 11.6 Å². The predicted octanol–water partition coefficient (Wildman–Crippen LogP) is 3.94. The number of hydrogen-bond acceptors (Lipinski definition) is 2. The largest absolute Gasteiger partial charge is 0.376 e. The molecular formula is C15H13ClF2N2O. The van der Waals surface area contributed by atoms with E-state index in [1.807, 2.05) is 0 Å². The summed E-state index contributed by atoms with van der Waals surface area (Å²) in [5.74, 6) is -2.21. The molecule has 2 aromatic rings. The molecule has 0 aliphatic carbocycles. The number of nitrogens with one attached hydrogen (secondary N) is 1. The molecule has 3 nitrogen and oxygen atoms in total. The van der Waals surface area contributed by atoms with Gasteiger partial charge in [0.2, 0.25) is 0 Å². The summed E-state index contributed by atoms with van der Waals surface area (Å²) in [5, 5.41) is 2.97. The lowest BCUT2D eigenvalue weighted by Gasteiger charge is -2.18. The third-order valence-corrected chi connectivity index (χ3v) is 3.10. The summed E-state index contributed by atoms with van der Waals surface area (Å²) in [6, 6.07) is 7.66. The Morgan fingerprint density at radius 3 is 2.52 bits per heavy atom. The number of nitrogens with zero attached hydrogens (tertiary/aromatic N) is 1. The molecular weight excluding hydrogens is 298 g/mol. The molecule has 0 fully saturated rings. The minimum atomic E-state index is -0.790. The highest BCUT2D eigenvalue weighted by atomic mass is 35.5. The van der Waals surface area contributed by atoms with Gasteiger partial charge in [0.15, 0.2) is 0 Å². The maximum atomic E-state index is 13.6. The van der Waals surface area contributed by atoms with Crippen LogP contribution in [0.4, 0.5) is 20.2 Å². The molecule has 0 unspecified atom stereocenters. The highest BCUT2D eigenvalue weighted by Crippen LogP contribution is 2.28. The van der Waals surface area contributed by atoms with Gasteiger partial charge in [0.1, 0.15) is 11.6 Å². The molecule has 0 atom stereocenters. The molecule has 6 heteroatoms. The van der Waals surface area contributed by atoms with E-state index in [-0.39, 0.29) is 5.56 Å². The van der Waals surface area contributed by atoms with E-state index in [0.29, 0.717) is 16.4 Å². The second kappa shape index (κ2) is 6.10. The SMILES string of the molecule is CN(C)c1ccc(Cl)cc1NC(=O)c1cc(F)ccc1F. The molecule has 0 bridgehead atoms. The molecule has 0 spiro atoms. The lowest BCUT2D eigenvalue weighted by Crippen LogP contribution is -2.18. The lowest BCUT2D eigenvalue weighted by molar-refractivity contribution is 0.102. The van der Waals surface area contributed by atoms with Gasteiger partial charge < -0.3 is 10.2 Å². The minimum absolute atomic E-state index is 0.361. The Morgan fingerprint density at radius 1 is 1.14 bits per heavy atom. The van der Waals surface area contributed by atoms with Crippen LogP contribution in [0.3, 0.4) is 0 Å². The van der Waals surface area contributed by atoms with Gasteiger partial charge in [-0.2, -0.15) is 0 Å². The van der Waals surface area contributed by atoms with E-state index in [2.05, 4.69) is 5.32 Å². The summed E-state index contributed by atoms with van der Waals surface area (Å²) >= 11 is 5.90. The number of rotatable bonds is 3. The van der Waals surface area contributed by atoms with Crippen LogP contribution >= 0.6 is 11.6 Å². The van der Waals surface area contributed by atoms with E-state index < -0.39 is 17.5 Å². The quantitative estimate of drug-likeness (QED) is 0.931. The van der Waals surface area contributed by atoms with Crippen molar-refractivity contribution in [2.45, 2.75) is 0 Å². The third-order valence-electron chi connectivity index (χ3n) is 2.86. The molecule has 110 valence electrons. The summed E-state index contributed by atoms with van der Waals surface area (Å²) < 4.78 is 26.7. The summed E-state index contributed by atoms with van der Waals surface area (Å²) in [5.41, 5.74) is 0.755. The van der Waals surface area contributed by atoms with Crippen LogP contribution in [0.5, 0.6) is 0 Å². The van der Waals surface area contributed by atoms with Gasteiger partial charge in [0.25, 0.3) is 5.91 Å². The number of anilines is 2. The third kappa shape index (κ3) is 3.49. The second-order valence-corrected chi connectivity index (χ2v) is 5.07. The second-order valence-electron chi connectivity index (χ2n) is 4.63. The van der Waals surface area contributed by atoms with Gasteiger partial charge in [0.05, 0.1) is 16.9 Å². The molecule has 1 amide bonds. The fourth-order valence-corrected chi connectivity index (χ4v) is 2.03. The van der Waals surface area contributed by atoms with Gasteiger partial charge in [-0.15, -0.1) is 0 Å². The summed E-state index contributed by atoms with van der Waals surface area (Å²) in [7, 11) is 3.59. The van der Waals surface area contributed by atoms with Crippen molar-refractivity contribution >= 4 is 28.9 Å². The number of benzene rings is 2. The van der Waals surface area contributed by atoms with Gasteiger partial charge in [-0.1, -0.05) is 11.6 Å². The molecule has 0 radical (unpaired) electrons. The molecule has 2 aromatic carbocycles. The standard InChI is InChI=1S/C15H13ClF2N2O/c1-20(2)14-6-3-9(16)7-13(14)19-15(21)11-8-10(17)4-5-12(11)18/h3-8H,1-2H3,(H,19,21). The molecule has 0 saturated heterocycles. The van der Waals surface area contributed by atoms with Crippen LogP contribution in [-0.4, -0.2) is 20.0 Å². The number of hydrogen-bond donors (Lipinski definition) is 1. The van der Waals surface area contributed by atoms with Gasteiger partial charge >= 0.3 is 0 Å². The van der Waals surface area contributed by atoms with Crippen molar-refractivity contribution in [3.63, 3.8) is 0 Å². The molecule has 0 aromatic heterocycles. The fraction of sp³-hybridized carbons (Fsp3) is 0.133. The lowest BCUT2D eigenvalue weighted by atomic mass is 10.1. The summed E-state index contributed by atoms with van der Waals surface area (Å²) in [6.45, 7) is 0. The highest BCUT2D eigenvalue weighted by Gasteiger charge is 2.15. The zero-order valence-corrected chi connectivity index (χ0v) is 12.2. The molecule has 0 aliphatic heterocycles. The smallest absolute Gasteiger partial charge is 0.258 e. The van der Waals surface area contributed by atoms with Crippen LogP contribution in [0.15, 0.2) is 36.4 Å². The first-order chi connectivity index (χ1) is 9.88. The van der Waals surface area contributed by atoms with E-state index in [9.17, 15) is 13.6 Å². The summed E-state index contributed by atoms with van der Waals surface area (Å²) in [4.78, 5) is 13.9. The Hall–Kier alpha value is -2.14. The number of halogens is 3.